The molecule has 0 aliphatic carbocycles. The van der Waals surface area contributed by atoms with Crippen LogP contribution in [0.4, 0.5) is 0 Å². The highest BCUT2D eigenvalue weighted by atomic mass is 32.1. The topological polar surface area (TPSA) is 25.8 Å². The van der Waals surface area contributed by atoms with E-state index in [4.69, 9.17) is 0 Å². The lowest BCUT2D eigenvalue weighted by atomic mass is 10.2. The minimum Gasteiger partial charge on any atom is -0.252 e. The molecule has 0 aliphatic rings. The molecule has 0 amide bonds. The molecule has 0 spiro atoms. The molecule has 0 saturated carbocycles. The average Bonchev–Trinajstić information content (AvgIpc) is 2.56. The SMILES string of the molecule is Cc1cnc2sc3ccc(C)nc3c2c1. The molecule has 0 aliphatic heterocycles. The molecule has 2 nitrogen and oxygen atoms in total. The maximum atomic E-state index is 4.58. The van der Waals surface area contributed by atoms with Crippen molar-refractivity contribution < 1.29 is 0 Å². The molecular formula is C12H10N2S. The third-order valence-electron chi connectivity index (χ3n) is 2.45. The fraction of sp³-hybridized carbons (Fsp3) is 0.167. The quantitative estimate of drug-likeness (QED) is 0.572. The van der Waals surface area contributed by atoms with Gasteiger partial charge in [-0.05, 0) is 37.6 Å². The van der Waals surface area contributed by atoms with Crippen molar-refractivity contribution in [1.29, 1.82) is 0 Å². The lowest BCUT2D eigenvalue weighted by Gasteiger charge is -1.94. The number of hydrogen-bond acceptors (Lipinski definition) is 3. The normalized spacial score (nSPS) is 11.3. The molecule has 0 fully saturated rings. The van der Waals surface area contributed by atoms with E-state index in [-0.39, 0.29) is 0 Å². The second-order valence-electron chi connectivity index (χ2n) is 3.77. The minimum absolute atomic E-state index is 1.06. The Hall–Kier alpha value is -1.48. The molecule has 3 aromatic rings. The molecule has 0 radical (unpaired) electrons. The number of pyridine rings is 2. The minimum atomic E-state index is 1.06. The van der Waals surface area contributed by atoms with Gasteiger partial charge in [-0.25, -0.2) is 4.98 Å². The summed E-state index contributed by atoms with van der Waals surface area (Å²) in [5, 5.41) is 1.18. The summed E-state index contributed by atoms with van der Waals surface area (Å²) in [5.74, 6) is 0. The number of aromatic nitrogens is 2. The van der Waals surface area contributed by atoms with Gasteiger partial charge in [0.1, 0.15) is 4.83 Å². The molecule has 3 rings (SSSR count). The molecule has 0 aromatic carbocycles. The van der Waals surface area contributed by atoms with Gasteiger partial charge < -0.3 is 0 Å². The van der Waals surface area contributed by atoms with Crippen LogP contribution in [0.2, 0.25) is 0 Å². The highest BCUT2D eigenvalue weighted by molar-refractivity contribution is 7.25. The summed E-state index contributed by atoms with van der Waals surface area (Å²) in [6, 6.07) is 6.33. The zero-order chi connectivity index (χ0) is 10.4. The molecule has 3 aromatic heterocycles. The van der Waals surface area contributed by atoms with E-state index < -0.39 is 0 Å². The zero-order valence-corrected chi connectivity index (χ0v) is 9.43. The van der Waals surface area contributed by atoms with Gasteiger partial charge in [-0.2, -0.15) is 0 Å². The van der Waals surface area contributed by atoms with Crippen LogP contribution in [0.3, 0.4) is 0 Å². The van der Waals surface area contributed by atoms with E-state index in [1.54, 1.807) is 11.3 Å². The van der Waals surface area contributed by atoms with Gasteiger partial charge in [-0.1, -0.05) is 0 Å². The molecule has 0 unspecified atom stereocenters. The highest BCUT2D eigenvalue weighted by Crippen LogP contribution is 2.31. The number of thiophene rings is 1. The van der Waals surface area contributed by atoms with Crippen LogP contribution >= 0.6 is 11.3 Å². The Kier molecular flexibility index (Phi) is 1.76. The first-order valence-electron chi connectivity index (χ1n) is 4.86. The smallest absolute Gasteiger partial charge is 0.126 e. The molecule has 0 N–H and O–H groups in total. The van der Waals surface area contributed by atoms with Gasteiger partial charge >= 0.3 is 0 Å². The van der Waals surface area contributed by atoms with E-state index in [0.717, 1.165) is 16.0 Å². The third kappa shape index (κ3) is 1.31. The predicted octanol–water partition coefficient (Wildman–Crippen LogP) is 3.46. The van der Waals surface area contributed by atoms with Gasteiger partial charge in [0.2, 0.25) is 0 Å². The first kappa shape index (κ1) is 8.80. The molecule has 0 atom stereocenters. The van der Waals surface area contributed by atoms with Gasteiger partial charge in [0.25, 0.3) is 0 Å². The maximum Gasteiger partial charge on any atom is 0.126 e. The van der Waals surface area contributed by atoms with E-state index in [2.05, 4.69) is 29.0 Å². The monoisotopic (exact) mass is 214 g/mol. The number of nitrogens with zero attached hydrogens (tertiary/aromatic N) is 2. The van der Waals surface area contributed by atoms with Gasteiger partial charge in [-0.15, -0.1) is 11.3 Å². The van der Waals surface area contributed by atoms with E-state index in [1.807, 2.05) is 19.2 Å². The zero-order valence-electron chi connectivity index (χ0n) is 8.61. The lowest BCUT2D eigenvalue weighted by Crippen LogP contribution is -1.80. The van der Waals surface area contributed by atoms with Crippen LogP contribution in [0.5, 0.6) is 0 Å². The van der Waals surface area contributed by atoms with Gasteiger partial charge in [0.05, 0.1) is 10.2 Å². The Balaban J connectivity index is 2.55. The molecule has 0 saturated heterocycles. The molecule has 0 bridgehead atoms. The van der Waals surface area contributed by atoms with Crippen LogP contribution in [0.1, 0.15) is 11.3 Å². The Morgan fingerprint density at radius 3 is 2.93 bits per heavy atom. The van der Waals surface area contributed by atoms with Crippen molar-refractivity contribution in [2.24, 2.45) is 0 Å². The van der Waals surface area contributed by atoms with Crippen molar-refractivity contribution in [3.63, 3.8) is 0 Å². The van der Waals surface area contributed by atoms with Gasteiger partial charge in [0, 0.05) is 17.3 Å². The number of rotatable bonds is 0. The molecule has 3 heterocycles. The Bertz CT molecular complexity index is 599. The third-order valence-corrected chi connectivity index (χ3v) is 3.52. The van der Waals surface area contributed by atoms with E-state index in [0.29, 0.717) is 0 Å². The summed E-state index contributed by atoms with van der Waals surface area (Å²) in [6.45, 7) is 4.08. The predicted molar refractivity (Wildman–Crippen MR) is 64.4 cm³/mol. The first-order chi connectivity index (χ1) is 7.24. The highest BCUT2D eigenvalue weighted by Gasteiger charge is 2.07. The van der Waals surface area contributed by atoms with Crippen molar-refractivity contribution in [3.8, 4) is 0 Å². The van der Waals surface area contributed by atoms with E-state index in [9.17, 15) is 0 Å². The fourth-order valence-corrected chi connectivity index (χ4v) is 2.70. The van der Waals surface area contributed by atoms with Crippen LogP contribution in [0.15, 0.2) is 24.4 Å². The fourth-order valence-electron chi connectivity index (χ4n) is 1.73. The molecule has 3 heteroatoms. The summed E-state index contributed by atoms with van der Waals surface area (Å²) in [5.41, 5.74) is 3.33. The van der Waals surface area contributed by atoms with Gasteiger partial charge in [0.15, 0.2) is 0 Å². The summed E-state index contributed by atoms with van der Waals surface area (Å²) < 4.78 is 1.22. The second kappa shape index (κ2) is 3.00. The number of fused-ring (bicyclic) bond motifs is 3. The van der Waals surface area contributed by atoms with Crippen LogP contribution in [-0.4, -0.2) is 9.97 Å². The van der Waals surface area contributed by atoms with Crippen molar-refractivity contribution in [2.75, 3.05) is 0 Å². The van der Waals surface area contributed by atoms with Gasteiger partial charge in [-0.3, -0.25) is 4.98 Å². The average molecular weight is 214 g/mol. The Labute approximate surface area is 91.6 Å². The van der Waals surface area contributed by atoms with E-state index in [1.165, 1.54) is 15.6 Å². The van der Waals surface area contributed by atoms with Crippen molar-refractivity contribution in [2.45, 2.75) is 13.8 Å². The summed E-state index contributed by atoms with van der Waals surface area (Å²) >= 11 is 1.71. The van der Waals surface area contributed by atoms with Crippen LogP contribution in [-0.2, 0) is 0 Å². The lowest BCUT2D eigenvalue weighted by molar-refractivity contribution is 1.26. The summed E-state index contributed by atoms with van der Waals surface area (Å²) in [7, 11) is 0. The van der Waals surface area contributed by atoms with E-state index >= 15 is 0 Å². The van der Waals surface area contributed by atoms with Crippen LogP contribution < -0.4 is 0 Å². The van der Waals surface area contributed by atoms with Crippen molar-refractivity contribution in [1.82, 2.24) is 9.97 Å². The second-order valence-corrected chi connectivity index (χ2v) is 4.80. The number of hydrogen-bond donors (Lipinski definition) is 0. The Morgan fingerprint density at radius 1 is 1.20 bits per heavy atom. The number of aryl methyl sites for hydroxylation is 2. The standard InChI is InChI=1S/C12H10N2S/c1-7-5-9-11-10(4-3-8(2)14-11)15-12(9)13-6-7/h3-6H,1-2H3. The van der Waals surface area contributed by atoms with Crippen LogP contribution in [0, 0.1) is 13.8 Å². The molecule has 15 heavy (non-hydrogen) atoms. The van der Waals surface area contributed by atoms with Crippen molar-refractivity contribution >= 4 is 31.8 Å². The van der Waals surface area contributed by atoms with Crippen molar-refractivity contribution in [3.05, 3.63) is 35.7 Å². The summed E-state index contributed by atoms with van der Waals surface area (Å²) in [4.78, 5) is 10.1. The Morgan fingerprint density at radius 2 is 2.07 bits per heavy atom. The molecule has 74 valence electrons. The molecular weight excluding hydrogens is 204 g/mol. The maximum absolute atomic E-state index is 4.58. The summed E-state index contributed by atoms with van der Waals surface area (Å²) in [6.07, 6.45) is 1.91. The largest absolute Gasteiger partial charge is 0.252 e. The first-order valence-corrected chi connectivity index (χ1v) is 5.68. The van der Waals surface area contributed by atoms with Crippen LogP contribution in [0.25, 0.3) is 20.4 Å².